The third-order valence-corrected chi connectivity index (χ3v) is 4.72. The molecule has 3 aromatic rings. The van der Waals surface area contributed by atoms with Gasteiger partial charge in [-0.15, -0.1) is 0 Å². The molecule has 1 heterocycles. The van der Waals surface area contributed by atoms with E-state index in [0.717, 1.165) is 5.56 Å². The summed E-state index contributed by atoms with van der Waals surface area (Å²) in [5, 5.41) is 5.78. The number of carbonyl (C=O) groups excluding carboxylic acids is 2. The van der Waals surface area contributed by atoms with Gasteiger partial charge < -0.3 is 20.1 Å². The Kier molecular flexibility index (Phi) is 5.35. The van der Waals surface area contributed by atoms with E-state index in [-0.39, 0.29) is 29.5 Å². The number of para-hydroxylation sites is 1. The first kappa shape index (κ1) is 18.8. The molecule has 0 aliphatic carbocycles. The van der Waals surface area contributed by atoms with Crippen LogP contribution in [-0.2, 0) is 6.54 Å². The first-order valence-corrected chi connectivity index (χ1v) is 9.31. The van der Waals surface area contributed by atoms with Gasteiger partial charge in [-0.3, -0.25) is 9.59 Å². The van der Waals surface area contributed by atoms with Crippen molar-refractivity contribution in [3.8, 4) is 11.5 Å². The third kappa shape index (κ3) is 4.17. The lowest BCUT2D eigenvalue weighted by molar-refractivity contribution is 0.0938. The largest absolute Gasteiger partial charge is 0.454 e. The molecule has 6 nitrogen and oxygen atoms in total. The fraction of sp³-hybridized carbons (Fsp3) is 0.0909. The number of halogens is 1. The molecule has 1 aliphatic rings. The van der Waals surface area contributed by atoms with Gasteiger partial charge in [0.25, 0.3) is 11.8 Å². The van der Waals surface area contributed by atoms with Gasteiger partial charge in [-0.25, -0.2) is 0 Å². The Morgan fingerprint density at radius 2 is 1.69 bits per heavy atom. The van der Waals surface area contributed by atoms with Gasteiger partial charge in [-0.05, 0) is 42.0 Å². The molecule has 0 atom stereocenters. The number of carbonyl (C=O) groups is 2. The zero-order chi connectivity index (χ0) is 20.2. The van der Waals surface area contributed by atoms with Gasteiger partial charge in [0.2, 0.25) is 6.79 Å². The first-order valence-electron chi connectivity index (χ1n) is 8.93. The summed E-state index contributed by atoms with van der Waals surface area (Å²) in [4.78, 5) is 25.5. The summed E-state index contributed by atoms with van der Waals surface area (Å²) in [5.41, 5.74) is 1.79. The predicted octanol–water partition coefficient (Wildman–Crippen LogP) is 4.25. The van der Waals surface area contributed by atoms with E-state index >= 15 is 0 Å². The van der Waals surface area contributed by atoms with Crippen LogP contribution in [0.3, 0.4) is 0 Å². The van der Waals surface area contributed by atoms with Crippen LogP contribution >= 0.6 is 11.6 Å². The van der Waals surface area contributed by atoms with Crippen LogP contribution in [0.4, 0.5) is 5.69 Å². The fourth-order valence-corrected chi connectivity index (χ4v) is 3.25. The lowest BCUT2D eigenvalue weighted by atomic mass is 10.1. The van der Waals surface area contributed by atoms with Gasteiger partial charge in [0.1, 0.15) is 0 Å². The number of rotatable bonds is 5. The lowest BCUT2D eigenvalue weighted by Crippen LogP contribution is -2.26. The molecule has 2 amide bonds. The quantitative estimate of drug-likeness (QED) is 0.661. The standard InChI is InChI=1S/C22H17ClN2O4/c23-17-8-4-7-16(20(17)22(27)25-15-5-2-1-3-6-15)21(26)24-12-14-9-10-18-19(11-14)29-13-28-18/h1-11H,12-13H2,(H,24,26)(H,25,27). The Hall–Kier alpha value is -3.51. The summed E-state index contributed by atoms with van der Waals surface area (Å²) in [5.74, 6) is 0.468. The fourth-order valence-electron chi connectivity index (χ4n) is 2.99. The SMILES string of the molecule is O=C(NCc1ccc2c(c1)OCO2)c1cccc(Cl)c1C(=O)Nc1ccccc1. The van der Waals surface area contributed by atoms with Crippen LogP contribution in [0.25, 0.3) is 0 Å². The van der Waals surface area contributed by atoms with Gasteiger partial charge >= 0.3 is 0 Å². The predicted molar refractivity (Wildman–Crippen MR) is 110 cm³/mol. The maximum absolute atomic E-state index is 12.8. The highest BCUT2D eigenvalue weighted by Gasteiger charge is 2.21. The molecule has 4 rings (SSSR count). The zero-order valence-electron chi connectivity index (χ0n) is 15.3. The van der Waals surface area contributed by atoms with Gasteiger partial charge in [-0.1, -0.05) is 41.9 Å². The van der Waals surface area contributed by atoms with Gasteiger partial charge in [0.05, 0.1) is 16.1 Å². The second-order valence-electron chi connectivity index (χ2n) is 6.35. The van der Waals surface area contributed by atoms with Crippen molar-refractivity contribution in [2.24, 2.45) is 0 Å². The summed E-state index contributed by atoms with van der Waals surface area (Å²) >= 11 is 6.24. The number of hydrogen-bond acceptors (Lipinski definition) is 4. The minimum atomic E-state index is -0.449. The topological polar surface area (TPSA) is 76.7 Å². The molecule has 0 spiro atoms. The molecule has 3 aromatic carbocycles. The Balaban J connectivity index is 1.51. The molecule has 0 fully saturated rings. The van der Waals surface area contributed by atoms with E-state index in [0.29, 0.717) is 17.2 Å². The van der Waals surface area contributed by atoms with E-state index in [1.54, 1.807) is 48.5 Å². The molecule has 0 unspecified atom stereocenters. The maximum atomic E-state index is 12.8. The molecule has 0 aromatic heterocycles. The summed E-state index contributed by atoms with van der Waals surface area (Å²) in [7, 11) is 0. The lowest BCUT2D eigenvalue weighted by Gasteiger charge is -2.12. The monoisotopic (exact) mass is 408 g/mol. The molecule has 0 saturated heterocycles. The molecule has 146 valence electrons. The number of ether oxygens (including phenoxy) is 2. The van der Waals surface area contributed by atoms with Gasteiger partial charge in [0.15, 0.2) is 11.5 Å². The smallest absolute Gasteiger partial charge is 0.257 e. The number of anilines is 1. The number of amides is 2. The van der Waals surface area contributed by atoms with Crippen molar-refractivity contribution in [2.45, 2.75) is 6.54 Å². The third-order valence-electron chi connectivity index (χ3n) is 4.41. The minimum Gasteiger partial charge on any atom is -0.454 e. The zero-order valence-corrected chi connectivity index (χ0v) is 16.0. The summed E-state index contributed by atoms with van der Waals surface area (Å²) in [6, 6.07) is 19.2. The Labute approximate surface area is 172 Å². The highest BCUT2D eigenvalue weighted by molar-refractivity contribution is 6.35. The average molecular weight is 409 g/mol. The van der Waals surface area contributed by atoms with Crippen molar-refractivity contribution >= 4 is 29.1 Å². The Bertz CT molecular complexity index is 1070. The molecular weight excluding hydrogens is 392 g/mol. The van der Waals surface area contributed by atoms with E-state index in [4.69, 9.17) is 21.1 Å². The first-order chi connectivity index (χ1) is 14.1. The van der Waals surface area contributed by atoms with E-state index in [1.165, 1.54) is 0 Å². The van der Waals surface area contributed by atoms with Crippen molar-refractivity contribution < 1.29 is 19.1 Å². The van der Waals surface area contributed by atoms with Crippen LogP contribution in [0.2, 0.25) is 5.02 Å². The molecular formula is C22H17ClN2O4. The second kappa shape index (κ2) is 8.24. The van der Waals surface area contributed by atoms with E-state index < -0.39 is 11.8 Å². The van der Waals surface area contributed by atoms with Crippen molar-refractivity contribution in [1.82, 2.24) is 5.32 Å². The normalized spacial score (nSPS) is 11.8. The highest BCUT2D eigenvalue weighted by atomic mass is 35.5. The van der Waals surface area contributed by atoms with Crippen molar-refractivity contribution in [3.63, 3.8) is 0 Å². The van der Waals surface area contributed by atoms with Crippen LogP contribution in [0.15, 0.2) is 66.7 Å². The van der Waals surface area contributed by atoms with Crippen molar-refractivity contribution in [2.75, 3.05) is 12.1 Å². The van der Waals surface area contributed by atoms with Crippen LogP contribution in [0.1, 0.15) is 26.3 Å². The van der Waals surface area contributed by atoms with E-state index in [2.05, 4.69) is 10.6 Å². The van der Waals surface area contributed by atoms with Crippen LogP contribution in [-0.4, -0.2) is 18.6 Å². The van der Waals surface area contributed by atoms with E-state index in [1.807, 2.05) is 18.2 Å². The van der Waals surface area contributed by atoms with Crippen molar-refractivity contribution in [3.05, 3.63) is 88.4 Å². The molecule has 7 heteroatoms. The number of nitrogens with one attached hydrogen (secondary N) is 2. The van der Waals surface area contributed by atoms with Crippen LogP contribution < -0.4 is 20.1 Å². The van der Waals surface area contributed by atoms with Gasteiger partial charge in [-0.2, -0.15) is 0 Å². The van der Waals surface area contributed by atoms with Crippen LogP contribution in [0, 0.1) is 0 Å². The Morgan fingerprint density at radius 1 is 0.897 bits per heavy atom. The van der Waals surface area contributed by atoms with Gasteiger partial charge in [0, 0.05) is 12.2 Å². The number of fused-ring (bicyclic) bond motifs is 1. The molecule has 0 saturated carbocycles. The molecule has 29 heavy (non-hydrogen) atoms. The molecule has 1 aliphatic heterocycles. The maximum Gasteiger partial charge on any atom is 0.257 e. The Morgan fingerprint density at radius 3 is 2.52 bits per heavy atom. The highest BCUT2D eigenvalue weighted by Crippen LogP contribution is 2.32. The molecule has 2 N–H and O–H groups in total. The number of hydrogen-bond donors (Lipinski definition) is 2. The van der Waals surface area contributed by atoms with Crippen LogP contribution in [0.5, 0.6) is 11.5 Å². The summed E-state index contributed by atoms with van der Waals surface area (Å²) in [6.07, 6.45) is 0. The second-order valence-corrected chi connectivity index (χ2v) is 6.76. The summed E-state index contributed by atoms with van der Waals surface area (Å²) < 4.78 is 10.6. The van der Waals surface area contributed by atoms with Crippen molar-refractivity contribution in [1.29, 1.82) is 0 Å². The minimum absolute atomic E-state index is 0.126. The average Bonchev–Trinajstić information content (AvgIpc) is 3.20. The molecule has 0 bridgehead atoms. The van der Waals surface area contributed by atoms with E-state index in [9.17, 15) is 9.59 Å². The molecule has 0 radical (unpaired) electrons. The summed E-state index contributed by atoms with van der Waals surface area (Å²) in [6.45, 7) is 0.454. The number of benzene rings is 3.